The van der Waals surface area contributed by atoms with Crippen molar-refractivity contribution in [3.63, 3.8) is 0 Å². The van der Waals surface area contributed by atoms with E-state index in [4.69, 9.17) is 15.2 Å². The molecule has 3 rings (SSSR count). The molecule has 2 aromatic carbocycles. The number of aromatic nitrogens is 1. The van der Waals surface area contributed by atoms with Gasteiger partial charge in [0.1, 0.15) is 23.9 Å². The van der Waals surface area contributed by atoms with Crippen molar-refractivity contribution in [1.29, 1.82) is 0 Å². The fraction of sp³-hybridized carbons (Fsp3) is 0.0556. The zero-order chi connectivity index (χ0) is 16.1. The molecule has 0 amide bonds. The lowest BCUT2D eigenvalue weighted by Gasteiger charge is -2.08. The summed E-state index contributed by atoms with van der Waals surface area (Å²) in [6, 6.07) is 16.8. The molecule has 0 atom stereocenters. The maximum absolute atomic E-state index is 12.8. The Labute approximate surface area is 157 Å². The van der Waals surface area contributed by atoms with Gasteiger partial charge < -0.3 is 15.2 Å². The largest absolute Gasteiger partial charge is 0.489 e. The predicted molar refractivity (Wildman–Crippen MR) is 100 cm³/mol. The summed E-state index contributed by atoms with van der Waals surface area (Å²) in [6.45, 7) is 0.375. The van der Waals surface area contributed by atoms with Crippen LogP contribution >= 0.6 is 24.8 Å². The third kappa shape index (κ3) is 6.14. The number of ether oxygens (including phenoxy) is 2. The molecule has 25 heavy (non-hydrogen) atoms. The van der Waals surface area contributed by atoms with Gasteiger partial charge in [-0.25, -0.2) is 9.37 Å². The molecule has 3 aromatic rings. The van der Waals surface area contributed by atoms with Crippen molar-refractivity contribution in [1.82, 2.24) is 4.98 Å². The zero-order valence-corrected chi connectivity index (χ0v) is 14.7. The second-order valence-electron chi connectivity index (χ2n) is 4.92. The molecule has 0 aliphatic carbocycles. The number of nitrogen functional groups attached to an aromatic ring is 1. The van der Waals surface area contributed by atoms with Crippen LogP contribution in [0.15, 0.2) is 66.9 Å². The Bertz CT molecular complexity index is 767. The Morgan fingerprint density at radius 3 is 2.08 bits per heavy atom. The number of hydrogen-bond acceptors (Lipinski definition) is 4. The standard InChI is InChI=1S/C18H15FN2O2.2ClH/c19-14-3-1-13(2-4-14)12-22-16-6-8-17(9-7-16)23-18-10-5-15(20)11-21-18;;/h1-11H,12,20H2;2*1H. The lowest BCUT2D eigenvalue weighted by atomic mass is 10.2. The first-order valence-electron chi connectivity index (χ1n) is 7.06. The lowest BCUT2D eigenvalue weighted by Crippen LogP contribution is -1.95. The van der Waals surface area contributed by atoms with Crippen LogP contribution in [0.2, 0.25) is 0 Å². The Morgan fingerprint density at radius 2 is 1.48 bits per heavy atom. The summed E-state index contributed by atoms with van der Waals surface area (Å²) in [5.41, 5.74) is 7.06. The molecule has 132 valence electrons. The van der Waals surface area contributed by atoms with E-state index in [0.717, 1.165) is 5.56 Å². The van der Waals surface area contributed by atoms with Crippen LogP contribution in [-0.2, 0) is 6.61 Å². The van der Waals surface area contributed by atoms with Gasteiger partial charge in [-0.2, -0.15) is 0 Å². The molecule has 4 nitrogen and oxygen atoms in total. The van der Waals surface area contributed by atoms with Gasteiger partial charge in [-0.1, -0.05) is 12.1 Å². The van der Waals surface area contributed by atoms with Crippen LogP contribution in [0.5, 0.6) is 17.4 Å². The van der Waals surface area contributed by atoms with Crippen molar-refractivity contribution < 1.29 is 13.9 Å². The summed E-state index contributed by atoms with van der Waals surface area (Å²) in [5.74, 6) is 1.56. The van der Waals surface area contributed by atoms with Crippen LogP contribution in [0.25, 0.3) is 0 Å². The Hall–Kier alpha value is -2.50. The summed E-state index contributed by atoms with van der Waals surface area (Å²) in [6.07, 6.45) is 1.54. The quantitative estimate of drug-likeness (QED) is 0.672. The monoisotopic (exact) mass is 382 g/mol. The van der Waals surface area contributed by atoms with Crippen LogP contribution in [0, 0.1) is 5.82 Å². The highest BCUT2D eigenvalue weighted by molar-refractivity contribution is 5.85. The van der Waals surface area contributed by atoms with Gasteiger partial charge in [0.2, 0.25) is 5.88 Å². The van der Waals surface area contributed by atoms with Crippen molar-refractivity contribution in [3.05, 3.63) is 78.2 Å². The van der Waals surface area contributed by atoms with Gasteiger partial charge in [0.05, 0.1) is 11.9 Å². The first-order chi connectivity index (χ1) is 11.2. The van der Waals surface area contributed by atoms with E-state index in [9.17, 15) is 4.39 Å². The van der Waals surface area contributed by atoms with Crippen LogP contribution in [-0.4, -0.2) is 4.98 Å². The fourth-order valence-corrected chi connectivity index (χ4v) is 1.92. The van der Waals surface area contributed by atoms with Crippen molar-refractivity contribution in [3.8, 4) is 17.4 Å². The summed E-state index contributed by atoms with van der Waals surface area (Å²) in [4.78, 5) is 4.07. The van der Waals surface area contributed by atoms with Gasteiger partial charge in [-0.05, 0) is 48.0 Å². The topological polar surface area (TPSA) is 57.4 Å². The molecule has 0 fully saturated rings. The Morgan fingerprint density at radius 1 is 0.840 bits per heavy atom. The van der Waals surface area contributed by atoms with Crippen molar-refractivity contribution in [2.75, 3.05) is 5.73 Å². The lowest BCUT2D eigenvalue weighted by molar-refractivity contribution is 0.305. The molecule has 7 heteroatoms. The number of hydrogen-bond donors (Lipinski definition) is 1. The second-order valence-corrected chi connectivity index (χ2v) is 4.92. The molecule has 0 saturated heterocycles. The summed E-state index contributed by atoms with van der Waals surface area (Å²) < 4.78 is 24.1. The summed E-state index contributed by atoms with van der Waals surface area (Å²) in [5, 5.41) is 0. The second kappa shape index (κ2) is 9.71. The molecule has 0 aliphatic rings. The van der Waals surface area contributed by atoms with E-state index >= 15 is 0 Å². The third-order valence-electron chi connectivity index (χ3n) is 3.12. The Kier molecular flexibility index (Phi) is 7.98. The minimum Gasteiger partial charge on any atom is -0.489 e. The van der Waals surface area contributed by atoms with Gasteiger partial charge in [0.25, 0.3) is 0 Å². The summed E-state index contributed by atoms with van der Waals surface area (Å²) >= 11 is 0. The van der Waals surface area contributed by atoms with Gasteiger partial charge >= 0.3 is 0 Å². The van der Waals surface area contributed by atoms with Crippen LogP contribution in [0.4, 0.5) is 10.1 Å². The molecule has 0 saturated carbocycles. The Balaban J connectivity index is 0.00000156. The van der Waals surface area contributed by atoms with E-state index in [1.165, 1.54) is 18.3 Å². The van der Waals surface area contributed by atoms with Gasteiger partial charge in [-0.3, -0.25) is 0 Å². The molecule has 0 bridgehead atoms. The van der Waals surface area contributed by atoms with E-state index in [1.54, 1.807) is 48.5 Å². The highest BCUT2D eigenvalue weighted by Gasteiger charge is 2.01. The van der Waals surface area contributed by atoms with E-state index < -0.39 is 0 Å². The molecule has 1 heterocycles. The molecule has 0 spiro atoms. The number of nitrogens with zero attached hydrogens (tertiary/aromatic N) is 1. The average Bonchev–Trinajstić information content (AvgIpc) is 2.58. The first-order valence-corrected chi connectivity index (χ1v) is 7.06. The van der Waals surface area contributed by atoms with Crippen LogP contribution < -0.4 is 15.2 Å². The van der Waals surface area contributed by atoms with Gasteiger partial charge in [0.15, 0.2) is 0 Å². The summed E-state index contributed by atoms with van der Waals surface area (Å²) in [7, 11) is 0. The van der Waals surface area contributed by atoms with Crippen molar-refractivity contribution in [2.24, 2.45) is 0 Å². The highest BCUT2D eigenvalue weighted by atomic mass is 35.5. The molecule has 0 aliphatic heterocycles. The zero-order valence-electron chi connectivity index (χ0n) is 13.1. The minimum absolute atomic E-state index is 0. The smallest absolute Gasteiger partial charge is 0.219 e. The minimum atomic E-state index is -0.258. The number of pyridine rings is 1. The molecule has 2 N–H and O–H groups in total. The third-order valence-corrected chi connectivity index (χ3v) is 3.12. The fourth-order valence-electron chi connectivity index (χ4n) is 1.92. The predicted octanol–water partition coefficient (Wildman–Crippen LogP) is 5.02. The van der Waals surface area contributed by atoms with Crippen LogP contribution in [0.1, 0.15) is 5.56 Å². The van der Waals surface area contributed by atoms with Gasteiger partial charge in [0, 0.05) is 6.07 Å². The number of halogens is 3. The first kappa shape index (κ1) is 20.5. The van der Waals surface area contributed by atoms with E-state index in [1.807, 2.05) is 0 Å². The van der Waals surface area contributed by atoms with Crippen molar-refractivity contribution >= 4 is 30.5 Å². The normalized spacial score (nSPS) is 9.48. The molecular weight excluding hydrogens is 366 g/mol. The molecular formula is C18H17Cl2FN2O2. The van der Waals surface area contributed by atoms with Crippen molar-refractivity contribution in [2.45, 2.75) is 6.61 Å². The van der Waals surface area contributed by atoms with Gasteiger partial charge in [-0.15, -0.1) is 24.8 Å². The highest BCUT2D eigenvalue weighted by Crippen LogP contribution is 2.23. The van der Waals surface area contributed by atoms with E-state index in [-0.39, 0.29) is 30.6 Å². The number of nitrogens with two attached hydrogens (primary N) is 1. The molecule has 1 aromatic heterocycles. The van der Waals surface area contributed by atoms with E-state index in [2.05, 4.69) is 4.98 Å². The maximum atomic E-state index is 12.8. The van der Waals surface area contributed by atoms with E-state index in [0.29, 0.717) is 29.7 Å². The number of anilines is 1. The molecule has 0 radical (unpaired) electrons. The van der Waals surface area contributed by atoms with Crippen LogP contribution in [0.3, 0.4) is 0 Å². The SMILES string of the molecule is Cl.Cl.Nc1ccc(Oc2ccc(OCc3ccc(F)cc3)cc2)nc1. The number of benzene rings is 2. The average molecular weight is 383 g/mol. The maximum Gasteiger partial charge on any atom is 0.219 e. The number of rotatable bonds is 5. The molecule has 0 unspecified atom stereocenters.